The molecule has 23 heteroatoms. The minimum absolute atomic E-state index is 0.0238. The predicted octanol–water partition coefficient (Wildman–Crippen LogP) is -0.000500. The van der Waals surface area contributed by atoms with Crippen molar-refractivity contribution in [2.45, 2.75) is 127 Å². The van der Waals surface area contributed by atoms with Crippen LogP contribution in [0.1, 0.15) is 93.4 Å². The quantitative estimate of drug-likeness (QED) is 0.0400. The van der Waals surface area contributed by atoms with Gasteiger partial charge in [-0.3, -0.25) is 53.1 Å². The molecule has 1 aliphatic heterocycles. The summed E-state index contributed by atoms with van der Waals surface area (Å²) in [6.45, 7) is 1.51. The topological polar surface area (TPSA) is 396 Å². The summed E-state index contributed by atoms with van der Waals surface area (Å²) in [6.07, 6.45) is 1.69. The number of nitrogens with two attached hydrogens (primary N) is 5. The molecule has 6 rings (SSSR count). The number of benzene rings is 3. The van der Waals surface area contributed by atoms with Crippen LogP contribution >= 0.6 is 0 Å². The van der Waals surface area contributed by atoms with Gasteiger partial charge in [0.1, 0.15) is 29.4 Å². The van der Waals surface area contributed by atoms with Crippen LogP contribution < -0.4 is 60.6 Å². The lowest BCUT2D eigenvalue weighted by atomic mass is 9.83. The average Bonchev–Trinajstić information content (AvgIpc) is 4.18. The average molecular weight is 1090 g/mol. The van der Waals surface area contributed by atoms with Crippen molar-refractivity contribution < 1.29 is 43.2 Å². The first-order valence-electron chi connectivity index (χ1n) is 26.7. The number of aromatic amines is 1. The molecule has 6 atom stereocenters. The molecule has 422 valence electrons. The van der Waals surface area contributed by atoms with Crippen molar-refractivity contribution in [3.05, 3.63) is 107 Å². The van der Waals surface area contributed by atoms with E-state index in [1.54, 1.807) is 48.7 Å². The lowest BCUT2D eigenvalue weighted by Crippen LogP contribution is -2.65. The van der Waals surface area contributed by atoms with Crippen molar-refractivity contribution in [3.8, 4) is 0 Å². The molecule has 1 spiro atoms. The van der Waals surface area contributed by atoms with Crippen molar-refractivity contribution in [1.82, 2.24) is 36.9 Å². The maximum Gasteiger partial charge on any atom is 0.247 e. The number of para-hydroxylation sites is 1. The number of aromatic nitrogens is 1. The zero-order chi connectivity index (χ0) is 57.1. The maximum absolute atomic E-state index is 15.3. The van der Waals surface area contributed by atoms with E-state index in [1.807, 2.05) is 36.4 Å². The van der Waals surface area contributed by atoms with Crippen LogP contribution in [0.4, 0.5) is 0 Å². The largest absolute Gasteiger partial charge is 0.370 e. The summed E-state index contributed by atoms with van der Waals surface area (Å²) in [7, 11) is 0. The van der Waals surface area contributed by atoms with Gasteiger partial charge >= 0.3 is 0 Å². The molecule has 2 aliphatic rings. The number of hydrogen-bond donors (Lipinski definition) is 12. The summed E-state index contributed by atoms with van der Waals surface area (Å²) in [5, 5.41) is 17.4. The molecule has 0 bridgehead atoms. The Bertz CT molecular complexity index is 2870. The Balaban J connectivity index is 1.40. The van der Waals surface area contributed by atoms with Gasteiger partial charge in [0.2, 0.25) is 41.4 Å². The SMILES string of the molecule is CC(=O)N[C@@H](CCCN=C(N)N)C(=O)N[C@H]1CC(=O)NCCCC[C@@H](C(N)=O)NC(=O)[C@H](Cc2c[nH]c3ccccc23)CC(=O)[C@H](CCCN=C(N)N)CC(=O)[C@@H](Cc2ccccc2)NC(=O)C2(Cc3ccccc3C2)NC1=O. The number of fused-ring (bicyclic) bond motifs is 2. The lowest BCUT2D eigenvalue weighted by Gasteiger charge is -2.33. The van der Waals surface area contributed by atoms with E-state index >= 15 is 9.59 Å². The third kappa shape index (κ3) is 17.7. The second kappa shape index (κ2) is 28.7. The van der Waals surface area contributed by atoms with Crippen LogP contribution in [-0.4, -0.2) is 119 Å². The molecule has 3 aromatic carbocycles. The van der Waals surface area contributed by atoms with E-state index in [1.165, 1.54) is 6.92 Å². The number of carbonyl (C=O) groups is 9. The van der Waals surface area contributed by atoms with Gasteiger partial charge in [-0.05, 0) is 86.1 Å². The third-order valence-electron chi connectivity index (χ3n) is 14.3. The number of nitrogens with one attached hydrogen (secondary N) is 7. The molecule has 0 unspecified atom stereocenters. The summed E-state index contributed by atoms with van der Waals surface area (Å²) in [6, 6.07) is 18.3. The van der Waals surface area contributed by atoms with Crippen LogP contribution in [0, 0.1) is 11.8 Å². The fourth-order valence-corrected chi connectivity index (χ4v) is 10.2. The fraction of sp³-hybridized carbons (Fsp3) is 0.446. The zero-order valence-corrected chi connectivity index (χ0v) is 44.5. The minimum Gasteiger partial charge on any atom is -0.370 e. The number of amides is 7. The van der Waals surface area contributed by atoms with Gasteiger partial charge in [-0.15, -0.1) is 0 Å². The monoisotopic (exact) mass is 1090 g/mol. The van der Waals surface area contributed by atoms with Gasteiger partial charge in [0.05, 0.1) is 12.5 Å². The van der Waals surface area contributed by atoms with Crippen LogP contribution in [-0.2, 0) is 68.8 Å². The van der Waals surface area contributed by atoms with Gasteiger partial charge in [-0.1, -0.05) is 72.8 Å². The standard InChI is InChI=1S/C56H74N14O9/c1-33(71)66-43(21-12-24-64-55(60)61)51(77)68-45-29-48(74)62-22-10-9-20-42(49(57)75)67-50(76)38(26-39-32-65-41-19-8-7-18-40(39)41)28-46(72)35(17-11-23-63-54(58)59)27-47(73)44(25-34-13-3-2-4-14-34)69-53(79)56(70-52(45)78)30-36-15-5-6-16-37(36)31-56/h2-8,13-16,18-19,32,35,38,42-45,65H,9-12,17,20-31H2,1H3,(H2,57,75)(H,62,74)(H,66,71)(H,67,76)(H,68,77)(H,69,79)(H,70,78)(H4,58,59,63)(H4,60,61,64)/t35-,38-,42+,43+,44-,45+/m1/s1. The van der Waals surface area contributed by atoms with Crippen molar-refractivity contribution >= 4 is 75.7 Å². The van der Waals surface area contributed by atoms with Crippen molar-refractivity contribution in [2.24, 2.45) is 50.5 Å². The van der Waals surface area contributed by atoms with E-state index in [0.29, 0.717) is 5.56 Å². The Morgan fingerprint density at radius 2 is 1.37 bits per heavy atom. The number of primary amides is 1. The van der Waals surface area contributed by atoms with Gasteiger partial charge in [0, 0.05) is 81.2 Å². The van der Waals surface area contributed by atoms with E-state index in [4.69, 9.17) is 28.7 Å². The Morgan fingerprint density at radius 1 is 0.722 bits per heavy atom. The number of ketones is 2. The first-order chi connectivity index (χ1) is 37.8. The molecule has 1 saturated heterocycles. The Kier molecular flexibility index (Phi) is 21.6. The van der Waals surface area contributed by atoms with Crippen LogP contribution in [0.3, 0.4) is 0 Å². The molecular formula is C56H74N14O9. The fourth-order valence-electron chi connectivity index (χ4n) is 10.2. The number of nitrogens with zero attached hydrogens (tertiary/aromatic N) is 2. The molecule has 1 aromatic heterocycles. The van der Waals surface area contributed by atoms with Gasteiger partial charge in [0.25, 0.3) is 0 Å². The molecule has 17 N–H and O–H groups in total. The molecular weight excluding hydrogens is 1010 g/mol. The van der Waals surface area contributed by atoms with Gasteiger partial charge in [-0.25, -0.2) is 0 Å². The first-order valence-corrected chi connectivity index (χ1v) is 26.7. The summed E-state index contributed by atoms with van der Waals surface area (Å²) >= 11 is 0. The number of rotatable bonds is 16. The molecule has 4 aromatic rings. The van der Waals surface area contributed by atoms with E-state index in [2.05, 4.69) is 46.9 Å². The van der Waals surface area contributed by atoms with Crippen LogP contribution in [0.25, 0.3) is 10.9 Å². The number of hydrogen-bond acceptors (Lipinski definition) is 11. The maximum atomic E-state index is 15.3. The zero-order valence-electron chi connectivity index (χ0n) is 44.5. The highest BCUT2D eigenvalue weighted by Crippen LogP contribution is 2.32. The smallest absolute Gasteiger partial charge is 0.247 e. The summed E-state index contributed by atoms with van der Waals surface area (Å²) in [5.41, 5.74) is 30.0. The second-order valence-electron chi connectivity index (χ2n) is 20.4. The van der Waals surface area contributed by atoms with Crippen molar-refractivity contribution in [3.63, 3.8) is 0 Å². The van der Waals surface area contributed by atoms with Gasteiger partial charge in [-0.2, -0.15) is 0 Å². The molecule has 23 nitrogen and oxygen atoms in total. The summed E-state index contributed by atoms with van der Waals surface area (Å²) < 4.78 is 0. The number of Topliss-reactive ketones (excluding diaryl/α,β-unsaturated/α-hetero) is 2. The lowest BCUT2D eigenvalue weighted by molar-refractivity contribution is -0.138. The predicted molar refractivity (Wildman–Crippen MR) is 297 cm³/mol. The van der Waals surface area contributed by atoms with E-state index < -0.39 is 101 Å². The molecule has 0 radical (unpaired) electrons. The Labute approximate surface area is 458 Å². The Morgan fingerprint density at radius 3 is 2.04 bits per heavy atom. The third-order valence-corrected chi connectivity index (χ3v) is 14.3. The normalized spacial score (nSPS) is 21.1. The van der Waals surface area contributed by atoms with E-state index in [-0.39, 0.29) is 115 Å². The van der Waals surface area contributed by atoms with Crippen LogP contribution in [0.15, 0.2) is 95.0 Å². The molecule has 2 heterocycles. The number of H-pyrrole nitrogens is 1. The molecule has 1 aliphatic carbocycles. The van der Waals surface area contributed by atoms with E-state index in [9.17, 15) is 33.6 Å². The number of aliphatic imine (C=N–C) groups is 2. The molecule has 7 amide bonds. The minimum atomic E-state index is -1.78. The molecule has 0 saturated carbocycles. The number of carbonyl (C=O) groups excluding carboxylic acids is 9. The first kappa shape index (κ1) is 59.6. The summed E-state index contributed by atoms with van der Waals surface area (Å²) in [5.74, 6) is -8.44. The van der Waals surface area contributed by atoms with Gasteiger partial charge in [0.15, 0.2) is 17.7 Å². The van der Waals surface area contributed by atoms with Crippen molar-refractivity contribution in [2.75, 3.05) is 19.6 Å². The summed E-state index contributed by atoms with van der Waals surface area (Å²) in [4.78, 5) is 139. The highest BCUT2D eigenvalue weighted by atomic mass is 16.2. The Hall–Kier alpha value is -8.63. The highest BCUT2D eigenvalue weighted by Gasteiger charge is 2.47. The van der Waals surface area contributed by atoms with Crippen LogP contribution in [0.2, 0.25) is 0 Å². The second-order valence-corrected chi connectivity index (χ2v) is 20.4. The highest BCUT2D eigenvalue weighted by molar-refractivity contribution is 6.01. The number of guanidine groups is 2. The molecule has 79 heavy (non-hydrogen) atoms. The molecule has 1 fully saturated rings. The van der Waals surface area contributed by atoms with Crippen molar-refractivity contribution in [1.29, 1.82) is 0 Å². The van der Waals surface area contributed by atoms with Crippen LogP contribution in [0.5, 0.6) is 0 Å². The van der Waals surface area contributed by atoms with E-state index in [0.717, 1.165) is 27.6 Å². The van der Waals surface area contributed by atoms with Gasteiger partial charge < -0.3 is 65.6 Å².